The Morgan fingerprint density at radius 3 is 2.52 bits per heavy atom. The van der Waals surface area contributed by atoms with Crippen molar-refractivity contribution >= 4 is 49.8 Å². The third-order valence-corrected chi connectivity index (χ3v) is 7.69. The number of thiophene rings is 1. The molecule has 140 valence electrons. The van der Waals surface area contributed by atoms with Crippen LogP contribution in [0, 0.1) is 0 Å². The number of benzene rings is 1. The normalized spacial score (nSPS) is 15.4. The molecule has 0 atom stereocenters. The van der Waals surface area contributed by atoms with E-state index in [9.17, 15) is 18.3 Å². The van der Waals surface area contributed by atoms with E-state index in [1.807, 2.05) is 0 Å². The van der Waals surface area contributed by atoms with E-state index in [-0.39, 0.29) is 10.5 Å². The lowest BCUT2D eigenvalue weighted by atomic mass is 10.1. The summed E-state index contributed by atoms with van der Waals surface area (Å²) in [5.41, 5.74) is 0.930. The molecular formula is C18H15ClN2O4S2. The van der Waals surface area contributed by atoms with Crippen molar-refractivity contribution in [2.75, 3.05) is 13.1 Å². The number of hydrogen-bond donors (Lipinski definition) is 1. The molecule has 1 saturated heterocycles. The first-order valence-corrected chi connectivity index (χ1v) is 10.9. The van der Waals surface area contributed by atoms with Crippen molar-refractivity contribution in [3.05, 3.63) is 46.3 Å². The molecule has 6 nitrogen and oxygen atoms in total. The van der Waals surface area contributed by atoms with Crippen LogP contribution in [-0.4, -0.2) is 41.9 Å². The van der Waals surface area contributed by atoms with Crippen LogP contribution in [0.2, 0.25) is 4.34 Å². The molecule has 4 rings (SSSR count). The van der Waals surface area contributed by atoms with Crippen molar-refractivity contribution in [2.24, 2.45) is 0 Å². The van der Waals surface area contributed by atoms with Gasteiger partial charge in [-0.3, -0.25) is 0 Å². The summed E-state index contributed by atoms with van der Waals surface area (Å²) < 4.78 is 27.6. The molecule has 0 saturated carbocycles. The summed E-state index contributed by atoms with van der Waals surface area (Å²) in [6, 6.07) is 9.41. The molecule has 9 heteroatoms. The lowest BCUT2D eigenvalue weighted by Gasteiger charge is -2.16. The van der Waals surface area contributed by atoms with E-state index < -0.39 is 16.0 Å². The Bertz CT molecular complexity index is 1150. The highest BCUT2D eigenvalue weighted by atomic mass is 35.5. The lowest BCUT2D eigenvalue weighted by molar-refractivity contribution is 0.0699. The number of nitrogens with zero attached hydrogens (tertiary/aromatic N) is 2. The van der Waals surface area contributed by atoms with Crippen molar-refractivity contribution in [3.63, 3.8) is 0 Å². The van der Waals surface area contributed by atoms with Crippen LogP contribution in [0.4, 0.5) is 0 Å². The standard InChI is InChI=1S/C18H15ClN2O4S2/c19-17-6-5-16(26-17)15-10-13(18(22)23)12-9-11(3-4-14(12)20-15)27(24,25)21-7-1-2-8-21/h3-6,9-10H,1-2,7-8H2,(H,22,23). The van der Waals surface area contributed by atoms with Crippen molar-refractivity contribution in [3.8, 4) is 10.6 Å². The number of pyridine rings is 1. The van der Waals surface area contributed by atoms with E-state index in [4.69, 9.17) is 11.6 Å². The zero-order valence-corrected chi connectivity index (χ0v) is 16.4. The summed E-state index contributed by atoms with van der Waals surface area (Å²) in [7, 11) is -3.63. The van der Waals surface area contributed by atoms with Crippen LogP contribution < -0.4 is 0 Å². The van der Waals surface area contributed by atoms with Gasteiger partial charge in [0.15, 0.2) is 0 Å². The van der Waals surface area contributed by atoms with Gasteiger partial charge >= 0.3 is 5.97 Å². The van der Waals surface area contributed by atoms with Crippen LogP contribution in [0.5, 0.6) is 0 Å². The number of aromatic nitrogens is 1. The highest BCUT2D eigenvalue weighted by Gasteiger charge is 2.28. The summed E-state index contributed by atoms with van der Waals surface area (Å²) in [5, 5.41) is 9.95. The minimum atomic E-state index is -3.63. The number of carbonyl (C=O) groups is 1. The van der Waals surface area contributed by atoms with Crippen LogP contribution in [0.1, 0.15) is 23.2 Å². The Morgan fingerprint density at radius 2 is 1.89 bits per heavy atom. The first kappa shape index (κ1) is 18.4. The second-order valence-electron chi connectivity index (χ2n) is 6.25. The lowest BCUT2D eigenvalue weighted by Crippen LogP contribution is -2.27. The molecule has 1 aliphatic rings. The number of halogens is 1. The van der Waals surface area contributed by atoms with E-state index >= 15 is 0 Å². The maximum absolute atomic E-state index is 12.8. The molecule has 27 heavy (non-hydrogen) atoms. The monoisotopic (exact) mass is 422 g/mol. The molecule has 0 spiro atoms. The summed E-state index contributed by atoms with van der Waals surface area (Å²) in [4.78, 5) is 17.2. The first-order valence-electron chi connectivity index (χ1n) is 8.30. The van der Waals surface area contributed by atoms with Gasteiger partial charge in [-0.1, -0.05) is 11.6 Å². The number of rotatable bonds is 4. The number of sulfonamides is 1. The molecule has 1 N–H and O–H groups in total. The fraction of sp³-hybridized carbons (Fsp3) is 0.222. The molecule has 0 amide bonds. The third-order valence-electron chi connectivity index (χ3n) is 4.54. The zero-order chi connectivity index (χ0) is 19.2. The van der Waals surface area contributed by atoms with Gasteiger partial charge in [0.25, 0.3) is 0 Å². The van der Waals surface area contributed by atoms with Crippen LogP contribution >= 0.6 is 22.9 Å². The van der Waals surface area contributed by atoms with Gasteiger partial charge in [0.1, 0.15) is 0 Å². The van der Waals surface area contributed by atoms with Crippen molar-refractivity contribution < 1.29 is 18.3 Å². The fourth-order valence-electron chi connectivity index (χ4n) is 3.20. The second-order valence-corrected chi connectivity index (χ2v) is 9.91. The Kier molecular flexibility index (Phi) is 4.67. The largest absolute Gasteiger partial charge is 0.478 e. The van der Waals surface area contributed by atoms with Gasteiger partial charge in [0.05, 0.1) is 30.9 Å². The number of fused-ring (bicyclic) bond motifs is 1. The van der Waals surface area contributed by atoms with E-state index in [0.717, 1.165) is 17.7 Å². The average molecular weight is 423 g/mol. The number of carboxylic acids is 1. The number of aromatic carboxylic acids is 1. The van der Waals surface area contributed by atoms with E-state index in [2.05, 4.69) is 4.98 Å². The van der Waals surface area contributed by atoms with Crippen LogP contribution in [0.15, 0.2) is 41.3 Å². The van der Waals surface area contributed by atoms with E-state index in [1.54, 1.807) is 18.2 Å². The first-order chi connectivity index (χ1) is 12.9. The maximum atomic E-state index is 12.8. The molecular weight excluding hydrogens is 408 g/mol. The molecule has 0 aliphatic carbocycles. The molecule has 1 fully saturated rings. The molecule has 3 heterocycles. The van der Waals surface area contributed by atoms with Crippen LogP contribution in [-0.2, 0) is 10.0 Å². The summed E-state index contributed by atoms with van der Waals surface area (Å²) in [6.45, 7) is 0.977. The van der Waals surface area contributed by atoms with Gasteiger partial charge in [0.2, 0.25) is 10.0 Å². The molecule has 0 unspecified atom stereocenters. The van der Waals surface area contributed by atoms with Gasteiger partial charge < -0.3 is 5.11 Å². The smallest absolute Gasteiger partial charge is 0.336 e. The van der Waals surface area contributed by atoms with Crippen molar-refractivity contribution in [2.45, 2.75) is 17.7 Å². The van der Waals surface area contributed by atoms with Gasteiger partial charge in [0, 0.05) is 18.5 Å². The SMILES string of the molecule is O=C(O)c1cc(-c2ccc(Cl)s2)nc2ccc(S(=O)(=O)N3CCCC3)cc12. The highest BCUT2D eigenvalue weighted by molar-refractivity contribution is 7.89. The van der Waals surface area contributed by atoms with Gasteiger partial charge in [-0.05, 0) is 49.2 Å². The topological polar surface area (TPSA) is 87.6 Å². The predicted molar refractivity (Wildman–Crippen MR) is 105 cm³/mol. The van der Waals surface area contributed by atoms with E-state index in [0.29, 0.717) is 34.0 Å². The minimum absolute atomic E-state index is 0.0120. The van der Waals surface area contributed by atoms with Gasteiger partial charge in [-0.25, -0.2) is 18.2 Å². The molecule has 3 aromatic rings. The Labute approximate surface area is 165 Å². The van der Waals surface area contributed by atoms with Gasteiger partial charge in [-0.2, -0.15) is 4.31 Å². The van der Waals surface area contributed by atoms with Gasteiger partial charge in [-0.15, -0.1) is 11.3 Å². The average Bonchev–Trinajstić information content (AvgIpc) is 3.32. The molecule has 1 aromatic carbocycles. The van der Waals surface area contributed by atoms with Crippen molar-refractivity contribution in [1.29, 1.82) is 0 Å². The Hall–Kier alpha value is -2.00. The molecule has 0 radical (unpaired) electrons. The summed E-state index contributed by atoms with van der Waals surface area (Å²) >= 11 is 7.27. The van der Waals surface area contributed by atoms with Crippen molar-refractivity contribution in [1.82, 2.24) is 9.29 Å². The predicted octanol–water partition coefficient (Wildman–Crippen LogP) is 4.10. The second kappa shape index (κ2) is 6.87. The van der Waals surface area contributed by atoms with Crippen LogP contribution in [0.25, 0.3) is 21.5 Å². The third kappa shape index (κ3) is 3.34. The minimum Gasteiger partial charge on any atom is -0.478 e. The number of carboxylic acid groups (broad SMARTS) is 1. The molecule has 0 bridgehead atoms. The summed E-state index contributed by atoms with van der Waals surface area (Å²) in [6.07, 6.45) is 1.67. The highest BCUT2D eigenvalue weighted by Crippen LogP contribution is 2.33. The van der Waals surface area contributed by atoms with E-state index in [1.165, 1.54) is 33.8 Å². The maximum Gasteiger partial charge on any atom is 0.336 e. The zero-order valence-electron chi connectivity index (χ0n) is 14.1. The Balaban J connectivity index is 1.88. The molecule has 2 aromatic heterocycles. The number of hydrogen-bond acceptors (Lipinski definition) is 5. The molecule has 1 aliphatic heterocycles. The summed E-state index contributed by atoms with van der Waals surface area (Å²) in [5.74, 6) is -1.14. The Morgan fingerprint density at radius 1 is 1.15 bits per heavy atom. The van der Waals surface area contributed by atoms with Crippen LogP contribution in [0.3, 0.4) is 0 Å². The fourth-order valence-corrected chi connectivity index (χ4v) is 5.75. The quantitative estimate of drug-likeness (QED) is 0.683.